The molecule has 0 saturated carbocycles. The van der Waals surface area contributed by atoms with E-state index >= 15 is 0 Å². The summed E-state index contributed by atoms with van der Waals surface area (Å²) in [5.74, 6) is 3.33. The fourth-order valence-corrected chi connectivity index (χ4v) is 10.0. The number of fused-ring (bicyclic) bond motifs is 5. The van der Waals surface area contributed by atoms with Gasteiger partial charge in [0.2, 0.25) is 0 Å². The van der Waals surface area contributed by atoms with Gasteiger partial charge >= 0.3 is 0 Å². The van der Waals surface area contributed by atoms with E-state index in [1.807, 2.05) is 48.5 Å². The van der Waals surface area contributed by atoms with Crippen LogP contribution in [0.3, 0.4) is 0 Å². The highest BCUT2D eigenvalue weighted by molar-refractivity contribution is 6.04. The molecule has 0 aliphatic carbocycles. The summed E-state index contributed by atoms with van der Waals surface area (Å²) >= 11 is 0. The van der Waals surface area contributed by atoms with Crippen molar-refractivity contribution in [2.45, 2.75) is 0 Å². The number of hydrogen-bond acceptors (Lipinski definition) is 6. The first kappa shape index (κ1) is 41.2. The predicted molar refractivity (Wildman–Crippen MR) is 294 cm³/mol. The summed E-state index contributed by atoms with van der Waals surface area (Å²) in [6, 6.07) is 88.4. The van der Waals surface area contributed by atoms with Crippen LogP contribution in [0, 0.1) is 0 Å². The van der Waals surface area contributed by atoms with Crippen LogP contribution in [0.15, 0.2) is 272 Å². The van der Waals surface area contributed by atoms with Gasteiger partial charge in [0.15, 0.2) is 0 Å². The molecule has 0 spiro atoms. The van der Waals surface area contributed by atoms with Gasteiger partial charge in [0.1, 0.15) is 45.4 Å². The lowest BCUT2D eigenvalue weighted by molar-refractivity contribution is 0.631. The van der Waals surface area contributed by atoms with Gasteiger partial charge in [-0.2, -0.15) is 0 Å². The van der Waals surface area contributed by atoms with Crippen molar-refractivity contribution in [1.29, 1.82) is 0 Å². The highest BCUT2D eigenvalue weighted by atomic mass is 16.3. The van der Waals surface area contributed by atoms with Crippen molar-refractivity contribution in [1.82, 2.24) is 0 Å². The fraction of sp³-hybridized carbons (Fsp3) is 0. The Morgan fingerprint density at radius 1 is 0.194 bits per heavy atom. The Kier molecular flexibility index (Phi) is 9.74. The van der Waals surface area contributed by atoms with Gasteiger partial charge in [-0.25, -0.2) is 0 Å². The summed E-state index contributed by atoms with van der Waals surface area (Å²) in [6.07, 6.45) is 0. The predicted octanol–water partition coefficient (Wildman–Crippen LogP) is 19.4. The summed E-state index contributed by atoms with van der Waals surface area (Å²) in [7, 11) is 0. The van der Waals surface area contributed by atoms with Gasteiger partial charge in [0.25, 0.3) is 0 Å². The van der Waals surface area contributed by atoms with E-state index in [1.165, 1.54) is 0 Å². The third kappa shape index (κ3) is 7.46. The molecule has 340 valence electrons. The van der Waals surface area contributed by atoms with Crippen molar-refractivity contribution in [3.05, 3.63) is 255 Å². The first-order chi connectivity index (χ1) is 35.6. The van der Waals surface area contributed by atoms with Gasteiger partial charge in [-0.1, -0.05) is 72.8 Å². The molecule has 0 fully saturated rings. The fourth-order valence-electron chi connectivity index (χ4n) is 10.0. The van der Waals surface area contributed by atoms with Crippen LogP contribution in [-0.2, 0) is 0 Å². The van der Waals surface area contributed by atoms with Crippen molar-refractivity contribution in [2.75, 3.05) is 9.80 Å². The lowest BCUT2D eigenvalue weighted by Gasteiger charge is -2.25. The Hall–Kier alpha value is -9.78. The zero-order valence-corrected chi connectivity index (χ0v) is 38.8. The van der Waals surface area contributed by atoms with Crippen molar-refractivity contribution < 1.29 is 17.7 Å². The SMILES string of the molecule is c1ccc(N(c2ccc(-c3cc4ccccc4o3)cc2)c2ccc(-c3cc4cc5cc6cc(-c7ccc(N(c8ccccc8)c8ccc(-c9cc%10ccccc%10o9)cc8)cc7)oc6cc5cc4o3)cc2)cc1. The van der Waals surface area contributed by atoms with E-state index in [-0.39, 0.29) is 0 Å². The molecule has 0 N–H and O–H groups in total. The molecule has 72 heavy (non-hydrogen) atoms. The first-order valence-electron chi connectivity index (χ1n) is 24.1. The molecule has 0 amide bonds. The third-order valence-electron chi connectivity index (χ3n) is 13.6. The van der Waals surface area contributed by atoms with Gasteiger partial charge in [0, 0.05) is 77.9 Å². The summed E-state index contributed by atoms with van der Waals surface area (Å²) in [5.41, 5.74) is 13.8. The standard InChI is InChI=1S/C66H42N2O4/c1-3-13-53(14-4-1)67(55-27-19-43(20-28-55)61-37-47-11-7-9-17-59(47)69-61)57-31-23-45(24-32-57)63-41-51-35-49-36-52-42-64(72-66(52)40-50(49)39-65(51)71-63)46-25-33-58(34-26-46)68(54-15-5-2-6-16-54)56-29-21-44(22-30-56)62-38-48-12-8-10-18-60(48)70-62/h1-42H. The Labute approximate surface area is 414 Å². The molecule has 0 aliphatic rings. The molecule has 0 atom stereocenters. The van der Waals surface area contributed by atoms with E-state index in [0.717, 1.165) is 134 Å². The monoisotopic (exact) mass is 926 g/mol. The maximum absolute atomic E-state index is 6.57. The maximum atomic E-state index is 6.57. The van der Waals surface area contributed by atoms with E-state index in [4.69, 9.17) is 17.7 Å². The molecule has 10 aromatic carbocycles. The molecule has 0 unspecified atom stereocenters. The highest BCUT2D eigenvalue weighted by Gasteiger charge is 2.18. The van der Waals surface area contributed by atoms with Gasteiger partial charge in [-0.05, 0) is 193 Å². The molecule has 0 saturated heterocycles. The number of nitrogens with zero attached hydrogens (tertiary/aromatic N) is 2. The summed E-state index contributed by atoms with van der Waals surface area (Å²) in [4.78, 5) is 4.53. The normalized spacial score (nSPS) is 11.6. The molecule has 14 aromatic rings. The second kappa shape index (κ2) is 17.0. The Balaban J connectivity index is 0.721. The number of anilines is 6. The zero-order chi connectivity index (χ0) is 47.5. The largest absolute Gasteiger partial charge is 0.456 e. The van der Waals surface area contributed by atoms with Gasteiger partial charge in [-0.15, -0.1) is 0 Å². The zero-order valence-electron chi connectivity index (χ0n) is 38.8. The second-order valence-corrected chi connectivity index (χ2v) is 18.2. The number of hydrogen-bond donors (Lipinski definition) is 0. The Bertz CT molecular complexity index is 3830. The van der Waals surface area contributed by atoms with Crippen LogP contribution in [0.2, 0.25) is 0 Å². The average molecular weight is 927 g/mol. The third-order valence-corrected chi connectivity index (χ3v) is 13.6. The number of rotatable bonds is 10. The van der Waals surface area contributed by atoms with Crippen LogP contribution < -0.4 is 9.80 Å². The lowest BCUT2D eigenvalue weighted by atomic mass is 10.1. The molecule has 6 heteroatoms. The smallest absolute Gasteiger partial charge is 0.135 e. The first-order valence-corrected chi connectivity index (χ1v) is 24.1. The molecule has 4 aromatic heterocycles. The molecule has 0 bridgehead atoms. The van der Waals surface area contributed by atoms with Crippen molar-refractivity contribution in [3.8, 4) is 45.3 Å². The van der Waals surface area contributed by atoms with E-state index in [9.17, 15) is 0 Å². The number of benzene rings is 10. The highest BCUT2D eigenvalue weighted by Crippen LogP contribution is 2.41. The molecular formula is C66H42N2O4. The van der Waals surface area contributed by atoms with Gasteiger partial charge in [0.05, 0.1) is 0 Å². The number of para-hydroxylation sites is 4. The number of furan rings is 4. The summed E-state index contributed by atoms with van der Waals surface area (Å²) in [6.45, 7) is 0. The second-order valence-electron chi connectivity index (χ2n) is 18.2. The molecular weight excluding hydrogens is 885 g/mol. The van der Waals surface area contributed by atoms with Gasteiger partial charge in [-0.3, -0.25) is 0 Å². The minimum atomic E-state index is 0.813. The molecule has 4 heterocycles. The minimum Gasteiger partial charge on any atom is -0.456 e. The van der Waals surface area contributed by atoms with E-state index in [0.29, 0.717) is 0 Å². The van der Waals surface area contributed by atoms with Crippen LogP contribution in [0.4, 0.5) is 34.1 Å². The summed E-state index contributed by atoms with van der Waals surface area (Å²) in [5, 5.41) is 6.45. The maximum Gasteiger partial charge on any atom is 0.135 e. The van der Waals surface area contributed by atoms with Crippen LogP contribution in [0.25, 0.3) is 99.9 Å². The van der Waals surface area contributed by atoms with Crippen molar-refractivity contribution in [2.24, 2.45) is 0 Å². The average Bonchev–Trinajstić information content (AvgIpc) is 4.26. The van der Waals surface area contributed by atoms with Crippen molar-refractivity contribution >= 4 is 88.8 Å². The van der Waals surface area contributed by atoms with Crippen LogP contribution in [0.5, 0.6) is 0 Å². The van der Waals surface area contributed by atoms with Gasteiger partial charge < -0.3 is 27.5 Å². The van der Waals surface area contributed by atoms with Crippen molar-refractivity contribution in [3.63, 3.8) is 0 Å². The van der Waals surface area contributed by atoms with E-state index in [2.05, 4.69) is 216 Å². The summed E-state index contributed by atoms with van der Waals surface area (Å²) < 4.78 is 25.5. The Morgan fingerprint density at radius 2 is 0.472 bits per heavy atom. The van der Waals surface area contributed by atoms with E-state index in [1.54, 1.807) is 0 Å². The Morgan fingerprint density at radius 3 is 0.819 bits per heavy atom. The van der Waals surface area contributed by atoms with E-state index < -0.39 is 0 Å². The molecule has 6 nitrogen and oxygen atoms in total. The minimum absolute atomic E-state index is 0.813. The molecule has 0 radical (unpaired) electrons. The molecule has 14 rings (SSSR count). The lowest BCUT2D eigenvalue weighted by Crippen LogP contribution is -2.09. The molecule has 0 aliphatic heterocycles. The topological polar surface area (TPSA) is 59.0 Å². The van der Waals surface area contributed by atoms with Crippen LogP contribution in [0.1, 0.15) is 0 Å². The quantitative estimate of drug-likeness (QED) is 0.136. The van der Waals surface area contributed by atoms with Crippen LogP contribution in [-0.4, -0.2) is 0 Å². The van der Waals surface area contributed by atoms with Crippen LogP contribution >= 0.6 is 0 Å².